The number of thiophene rings is 1. The first kappa shape index (κ1) is 14.3. The van der Waals surface area contributed by atoms with Gasteiger partial charge in [0.2, 0.25) is 0 Å². The molecule has 1 amide bonds. The summed E-state index contributed by atoms with van der Waals surface area (Å²) in [4.78, 5) is 14.8. The van der Waals surface area contributed by atoms with E-state index in [4.69, 9.17) is 4.74 Å². The van der Waals surface area contributed by atoms with Crippen LogP contribution in [0.15, 0.2) is 36.0 Å². The van der Waals surface area contributed by atoms with Crippen molar-refractivity contribution < 1.29 is 9.53 Å². The summed E-state index contributed by atoms with van der Waals surface area (Å²) in [7, 11) is 1.88. The molecular formula is C16H16N4O2S. The number of carbonyl (C=O) groups excluding carboxylic acids is 1. The molecule has 0 spiro atoms. The molecule has 2 aromatic heterocycles. The highest BCUT2D eigenvalue weighted by molar-refractivity contribution is 7.17. The minimum atomic E-state index is -0.231. The predicted octanol–water partition coefficient (Wildman–Crippen LogP) is 2.24. The number of rotatable bonds is 2. The van der Waals surface area contributed by atoms with Crippen LogP contribution in [0.5, 0.6) is 0 Å². The lowest BCUT2D eigenvalue weighted by molar-refractivity contribution is -0.0280. The summed E-state index contributed by atoms with van der Waals surface area (Å²) in [6.07, 6.45) is 1.41. The van der Waals surface area contributed by atoms with E-state index < -0.39 is 0 Å². The van der Waals surface area contributed by atoms with Crippen molar-refractivity contribution in [1.82, 2.24) is 19.7 Å². The molecule has 1 fully saturated rings. The maximum atomic E-state index is 12.9. The molecule has 6 nitrogen and oxygen atoms in total. The number of hydrogen-bond acceptors (Lipinski definition) is 5. The lowest BCUT2D eigenvalue weighted by Crippen LogP contribution is -2.42. The average molecular weight is 328 g/mol. The number of morpholine rings is 1. The van der Waals surface area contributed by atoms with Crippen molar-refractivity contribution >= 4 is 27.3 Å². The van der Waals surface area contributed by atoms with E-state index in [9.17, 15) is 4.79 Å². The molecule has 0 aliphatic carbocycles. The molecule has 1 aliphatic heterocycles. The number of hydrogen-bond donors (Lipinski definition) is 0. The van der Waals surface area contributed by atoms with Gasteiger partial charge in [0.05, 0.1) is 18.7 Å². The van der Waals surface area contributed by atoms with Gasteiger partial charge >= 0.3 is 0 Å². The number of carbonyl (C=O) groups is 1. The molecule has 0 radical (unpaired) electrons. The summed E-state index contributed by atoms with van der Waals surface area (Å²) in [5.74, 6) is 0.801. The Hall–Kier alpha value is -2.25. The van der Waals surface area contributed by atoms with Gasteiger partial charge in [0, 0.05) is 29.1 Å². The second-order valence-electron chi connectivity index (χ2n) is 5.56. The summed E-state index contributed by atoms with van der Waals surface area (Å²) in [6.45, 7) is 1.60. The Labute approximate surface area is 137 Å². The van der Waals surface area contributed by atoms with Gasteiger partial charge in [-0.05, 0) is 6.07 Å². The SMILES string of the molecule is Cn1cnnc1C1CN(C(=O)c2csc3ccccc23)CCO1. The number of benzene rings is 1. The third-order valence-electron chi connectivity index (χ3n) is 4.10. The fourth-order valence-corrected chi connectivity index (χ4v) is 3.82. The number of fused-ring (bicyclic) bond motifs is 1. The maximum absolute atomic E-state index is 12.9. The van der Waals surface area contributed by atoms with Crippen LogP contribution in [0.4, 0.5) is 0 Å². The van der Waals surface area contributed by atoms with E-state index in [-0.39, 0.29) is 12.0 Å². The topological polar surface area (TPSA) is 60.2 Å². The lowest BCUT2D eigenvalue weighted by Gasteiger charge is -2.32. The first-order valence-electron chi connectivity index (χ1n) is 7.45. The lowest BCUT2D eigenvalue weighted by atomic mass is 10.1. The fourth-order valence-electron chi connectivity index (χ4n) is 2.89. The molecule has 4 rings (SSSR count). The molecule has 1 atom stereocenters. The smallest absolute Gasteiger partial charge is 0.255 e. The van der Waals surface area contributed by atoms with Crippen molar-refractivity contribution in [3.8, 4) is 0 Å². The minimum Gasteiger partial charge on any atom is -0.366 e. The average Bonchev–Trinajstić information content (AvgIpc) is 3.20. The molecule has 0 N–H and O–H groups in total. The third-order valence-corrected chi connectivity index (χ3v) is 5.06. The molecule has 0 saturated carbocycles. The van der Waals surface area contributed by atoms with Crippen LogP contribution in [-0.4, -0.2) is 45.3 Å². The highest BCUT2D eigenvalue weighted by Crippen LogP contribution is 2.28. The van der Waals surface area contributed by atoms with Crippen LogP contribution in [-0.2, 0) is 11.8 Å². The molecule has 1 saturated heterocycles. The molecule has 23 heavy (non-hydrogen) atoms. The van der Waals surface area contributed by atoms with Crippen LogP contribution >= 0.6 is 11.3 Å². The molecule has 0 bridgehead atoms. The van der Waals surface area contributed by atoms with Gasteiger partial charge in [-0.2, -0.15) is 0 Å². The van der Waals surface area contributed by atoms with Crippen molar-refractivity contribution in [2.24, 2.45) is 7.05 Å². The summed E-state index contributed by atoms with van der Waals surface area (Å²) in [5.41, 5.74) is 0.768. The molecule has 3 aromatic rings. The van der Waals surface area contributed by atoms with E-state index >= 15 is 0 Å². The van der Waals surface area contributed by atoms with Crippen LogP contribution in [0.3, 0.4) is 0 Å². The Morgan fingerprint density at radius 1 is 1.39 bits per heavy atom. The van der Waals surface area contributed by atoms with Crippen molar-refractivity contribution in [3.63, 3.8) is 0 Å². The van der Waals surface area contributed by atoms with E-state index in [1.165, 1.54) is 0 Å². The number of nitrogens with zero attached hydrogens (tertiary/aromatic N) is 4. The Kier molecular flexibility index (Phi) is 3.59. The Bertz CT molecular complexity index is 857. The van der Waals surface area contributed by atoms with Crippen LogP contribution < -0.4 is 0 Å². The molecule has 118 valence electrons. The quantitative estimate of drug-likeness (QED) is 0.724. The second-order valence-corrected chi connectivity index (χ2v) is 6.47. The summed E-state index contributed by atoms with van der Waals surface area (Å²) < 4.78 is 8.74. The summed E-state index contributed by atoms with van der Waals surface area (Å²) in [6, 6.07) is 8.00. The van der Waals surface area contributed by atoms with E-state index in [2.05, 4.69) is 10.2 Å². The molecule has 1 unspecified atom stereocenters. The zero-order valence-electron chi connectivity index (χ0n) is 12.7. The Balaban J connectivity index is 1.60. The molecule has 7 heteroatoms. The Morgan fingerprint density at radius 3 is 3.09 bits per heavy atom. The minimum absolute atomic E-state index is 0.0536. The van der Waals surface area contributed by atoms with Gasteiger partial charge in [0.15, 0.2) is 5.82 Å². The molecule has 1 aliphatic rings. The number of ether oxygens (including phenoxy) is 1. The Morgan fingerprint density at radius 2 is 2.26 bits per heavy atom. The van der Waals surface area contributed by atoms with Crippen molar-refractivity contribution in [1.29, 1.82) is 0 Å². The molecular weight excluding hydrogens is 312 g/mol. The van der Waals surface area contributed by atoms with Gasteiger partial charge in [-0.3, -0.25) is 4.79 Å². The maximum Gasteiger partial charge on any atom is 0.255 e. The highest BCUT2D eigenvalue weighted by atomic mass is 32.1. The fraction of sp³-hybridized carbons (Fsp3) is 0.312. The zero-order chi connectivity index (χ0) is 15.8. The van der Waals surface area contributed by atoms with Crippen molar-refractivity contribution in [2.75, 3.05) is 19.7 Å². The monoisotopic (exact) mass is 328 g/mol. The van der Waals surface area contributed by atoms with Gasteiger partial charge < -0.3 is 14.2 Å². The summed E-state index contributed by atoms with van der Waals surface area (Å²) >= 11 is 1.60. The number of aromatic nitrogens is 3. The highest BCUT2D eigenvalue weighted by Gasteiger charge is 2.29. The number of amides is 1. The van der Waals surface area contributed by atoms with Gasteiger partial charge in [0.25, 0.3) is 5.91 Å². The van der Waals surface area contributed by atoms with E-state index in [1.54, 1.807) is 17.7 Å². The van der Waals surface area contributed by atoms with Gasteiger partial charge in [-0.1, -0.05) is 18.2 Å². The second kappa shape index (κ2) is 5.75. The van der Waals surface area contributed by atoms with Gasteiger partial charge in [0.1, 0.15) is 12.4 Å². The first-order chi connectivity index (χ1) is 11.2. The van der Waals surface area contributed by atoms with Crippen LogP contribution in [0, 0.1) is 0 Å². The molecule has 1 aromatic carbocycles. The predicted molar refractivity (Wildman–Crippen MR) is 87.4 cm³/mol. The number of aryl methyl sites for hydroxylation is 1. The zero-order valence-corrected chi connectivity index (χ0v) is 13.5. The summed E-state index contributed by atoms with van der Waals surface area (Å²) in [5, 5.41) is 10.9. The molecule has 3 heterocycles. The van der Waals surface area contributed by atoms with E-state index in [1.807, 2.05) is 46.2 Å². The van der Waals surface area contributed by atoms with Crippen molar-refractivity contribution in [3.05, 3.63) is 47.4 Å². The normalized spacial score (nSPS) is 18.5. The van der Waals surface area contributed by atoms with Gasteiger partial charge in [-0.15, -0.1) is 21.5 Å². The van der Waals surface area contributed by atoms with Crippen LogP contribution in [0.25, 0.3) is 10.1 Å². The first-order valence-corrected chi connectivity index (χ1v) is 8.33. The standard InChI is InChI=1S/C16H16N4O2S/c1-19-10-17-18-15(19)13-8-20(6-7-22-13)16(21)12-9-23-14-5-3-2-4-11(12)14/h2-5,9-10,13H,6-8H2,1H3. The van der Waals surface area contributed by atoms with Crippen LogP contribution in [0.2, 0.25) is 0 Å². The largest absolute Gasteiger partial charge is 0.366 e. The van der Waals surface area contributed by atoms with E-state index in [0.29, 0.717) is 19.7 Å². The van der Waals surface area contributed by atoms with Crippen molar-refractivity contribution in [2.45, 2.75) is 6.10 Å². The van der Waals surface area contributed by atoms with Crippen LogP contribution in [0.1, 0.15) is 22.3 Å². The van der Waals surface area contributed by atoms with Gasteiger partial charge in [-0.25, -0.2) is 0 Å². The van der Waals surface area contributed by atoms with E-state index in [0.717, 1.165) is 21.5 Å². The third kappa shape index (κ3) is 2.51.